The summed E-state index contributed by atoms with van der Waals surface area (Å²) in [6.07, 6.45) is 7.34. The minimum absolute atomic E-state index is 0.329. The number of hydrogen-bond donors (Lipinski definition) is 1. The largest absolute Gasteiger partial charge is 0.314 e. The van der Waals surface area contributed by atoms with Crippen molar-refractivity contribution in [3.05, 3.63) is 0 Å². The Hall–Kier alpha value is -0.130. The van der Waals surface area contributed by atoms with Crippen LogP contribution < -0.4 is 5.32 Å². The third-order valence-electron chi connectivity index (χ3n) is 4.20. The lowest BCUT2D eigenvalue weighted by molar-refractivity contribution is 0.152. The van der Waals surface area contributed by atoms with Crippen molar-refractivity contribution in [1.82, 2.24) is 10.2 Å². The van der Waals surface area contributed by atoms with Gasteiger partial charge in [-0.1, -0.05) is 0 Å². The summed E-state index contributed by atoms with van der Waals surface area (Å²) in [5, 5.41) is 3.60. The summed E-state index contributed by atoms with van der Waals surface area (Å²) in [6, 6.07) is 0.711. The maximum Gasteiger partial charge on any atom is 0.147 e. The summed E-state index contributed by atoms with van der Waals surface area (Å²) in [5.41, 5.74) is 0. The summed E-state index contributed by atoms with van der Waals surface area (Å²) in [5.74, 6) is 1.11. The van der Waals surface area contributed by atoms with E-state index in [9.17, 15) is 8.42 Å². The van der Waals surface area contributed by atoms with E-state index in [0.29, 0.717) is 11.8 Å². The lowest BCUT2D eigenvalue weighted by Gasteiger charge is -2.35. The van der Waals surface area contributed by atoms with E-state index in [2.05, 4.69) is 10.2 Å². The summed E-state index contributed by atoms with van der Waals surface area (Å²) in [4.78, 5) is 2.46. The Morgan fingerprint density at radius 3 is 2.78 bits per heavy atom. The second-order valence-corrected chi connectivity index (χ2v) is 8.15. The van der Waals surface area contributed by atoms with E-state index < -0.39 is 9.84 Å². The molecule has 0 aromatic heterocycles. The van der Waals surface area contributed by atoms with Crippen LogP contribution in [0.2, 0.25) is 0 Å². The molecule has 4 nitrogen and oxygen atoms in total. The van der Waals surface area contributed by atoms with Crippen molar-refractivity contribution >= 4 is 9.84 Å². The Kier molecular flexibility index (Phi) is 5.04. The molecule has 2 unspecified atom stereocenters. The molecule has 0 bridgehead atoms. The van der Waals surface area contributed by atoms with Gasteiger partial charge in [-0.3, -0.25) is 0 Å². The van der Waals surface area contributed by atoms with E-state index >= 15 is 0 Å². The zero-order valence-electron chi connectivity index (χ0n) is 11.4. The Morgan fingerprint density at radius 1 is 1.28 bits per heavy atom. The molecule has 2 saturated heterocycles. The molecule has 0 radical (unpaired) electrons. The van der Waals surface area contributed by atoms with Crippen LogP contribution in [0, 0.1) is 5.92 Å². The monoisotopic (exact) mass is 274 g/mol. The molecule has 0 aromatic rings. The van der Waals surface area contributed by atoms with Gasteiger partial charge in [0.05, 0.1) is 5.75 Å². The van der Waals surface area contributed by atoms with Gasteiger partial charge in [0.1, 0.15) is 9.84 Å². The van der Waals surface area contributed by atoms with Crippen LogP contribution in [0.4, 0.5) is 0 Å². The quantitative estimate of drug-likeness (QED) is 0.809. The van der Waals surface area contributed by atoms with Crippen LogP contribution in [0.1, 0.15) is 32.1 Å². The highest BCUT2D eigenvalue weighted by Crippen LogP contribution is 2.24. The molecule has 2 atom stereocenters. The molecule has 0 saturated carbocycles. The topological polar surface area (TPSA) is 49.4 Å². The average molecular weight is 274 g/mol. The zero-order valence-corrected chi connectivity index (χ0v) is 12.2. The fourth-order valence-electron chi connectivity index (χ4n) is 3.29. The Bertz CT molecular complexity index is 350. The number of piperidine rings is 1. The molecule has 2 aliphatic heterocycles. The highest BCUT2D eigenvalue weighted by molar-refractivity contribution is 7.90. The van der Waals surface area contributed by atoms with Crippen LogP contribution in [0.15, 0.2) is 0 Å². The van der Waals surface area contributed by atoms with Crippen LogP contribution in [-0.4, -0.2) is 57.5 Å². The smallest absolute Gasteiger partial charge is 0.147 e. The number of rotatable bonds is 5. The normalized spacial score (nSPS) is 30.7. The van der Waals surface area contributed by atoms with E-state index in [4.69, 9.17) is 0 Å². The molecular formula is C13H26N2O2S. The molecule has 5 heteroatoms. The predicted octanol–water partition coefficient (Wildman–Crippen LogP) is 0.885. The predicted molar refractivity (Wildman–Crippen MR) is 74.5 cm³/mol. The van der Waals surface area contributed by atoms with E-state index in [1.807, 2.05) is 0 Å². The third-order valence-corrected chi connectivity index (χ3v) is 5.23. The van der Waals surface area contributed by atoms with E-state index in [1.54, 1.807) is 0 Å². The van der Waals surface area contributed by atoms with Gasteiger partial charge in [-0.2, -0.15) is 0 Å². The highest BCUT2D eigenvalue weighted by Gasteiger charge is 2.28. The lowest BCUT2D eigenvalue weighted by atomic mass is 9.90. The van der Waals surface area contributed by atoms with Crippen molar-refractivity contribution in [2.45, 2.75) is 38.1 Å². The number of nitrogens with one attached hydrogen (secondary N) is 1. The summed E-state index contributed by atoms with van der Waals surface area (Å²) in [7, 11) is -2.79. The van der Waals surface area contributed by atoms with Crippen LogP contribution in [-0.2, 0) is 9.84 Å². The number of hydrogen-bond acceptors (Lipinski definition) is 4. The van der Waals surface area contributed by atoms with Crippen molar-refractivity contribution in [2.24, 2.45) is 5.92 Å². The van der Waals surface area contributed by atoms with Crippen molar-refractivity contribution in [1.29, 1.82) is 0 Å². The maximum atomic E-state index is 11.1. The Labute approximate surface area is 111 Å². The fraction of sp³-hybridized carbons (Fsp3) is 1.00. The molecule has 2 heterocycles. The van der Waals surface area contributed by atoms with Crippen LogP contribution in [0.5, 0.6) is 0 Å². The Morgan fingerprint density at radius 2 is 2.11 bits per heavy atom. The van der Waals surface area contributed by atoms with Gasteiger partial charge in [0.15, 0.2) is 0 Å². The summed E-state index contributed by atoms with van der Waals surface area (Å²) in [6.45, 7) is 4.42. The molecule has 0 aromatic carbocycles. The summed E-state index contributed by atoms with van der Waals surface area (Å²) < 4.78 is 22.2. The van der Waals surface area contributed by atoms with Crippen molar-refractivity contribution in [3.8, 4) is 0 Å². The molecule has 0 aliphatic carbocycles. The second-order valence-electron chi connectivity index (χ2n) is 5.89. The van der Waals surface area contributed by atoms with Crippen molar-refractivity contribution in [3.63, 3.8) is 0 Å². The minimum Gasteiger partial charge on any atom is -0.314 e. The SMILES string of the molecule is CS(=O)(=O)CCCN1CCCC(C2CCCN2)C1. The van der Waals surface area contributed by atoms with Gasteiger partial charge in [0, 0.05) is 18.8 Å². The Balaban J connectivity index is 1.72. The maximum absolute atomic E-state index is 11.1. The van der Waals surface area contributed by atoms with E-state index in [0.717, 1.165) is 32.0 Å². The third kappa shape index (κ3) is 4.52. The van der Waals surface area contributed by atoms with Crippen LogP contribution in [0.3, 0.4) is 0 Å². The van der Waals surface area contributed by atoms with E-state index in [-0.39, 0.29) is 0 Å². The van der Waals surface area contributed by atoms with Crippen LogP contribution in [0.25, 0.3) is 0 Å². The van der Waals surface area contributed by atoms with Crippen molar-refractivity contribution in [2.75, 3.05) is 38.2 Å². The van der Waals surface area contributed by atoms with Crippen LogP contribution >= 0.6 is 0 Å². The minimum atomic E-state index is -2.79. The first-order chi connectivity index (χ1) is 8.54. The van der Waals surface area contributed by atoms with Gasteiger partial charge in [-0.25, -0.2) is 8.42 Å². The van der Waals surface area contributed by atoms with Gasteiger partial charge in [0.25, 0.3) is 0 Å². The molecule has 0 amide bonds. The lowest BCUT2D eigenvalue weighted by Crippen LogP contribution is -2.43. The summed E-state index contributed by atoms with van der Waals surface area (Å²) >= 11 is 0. The van der Waals surface area contributed by atoms with Gasteiger partial charge in [-0.15, -0.1) is 0 Å². The zero-order chi connectivity index (χ0) is 13.0. The van der Waals surface area contributed by atoms with Gasteiger partial charge >= 0.3 is 0 Å². The molecule has 2 fully saturated rings. The molecule has 0 spiro atoms. The highest BCUT2D eigenvalue weighted by atomic mass is 32.2. The molecule has 2 rings (SSSR count). The van der Waals surface area contributed by atoms with E-state index in [1.165, 1.54) is 38.5 Å². The van der Waals surface area contributed by atoms with Gasteiger partial charge in [-0.05, 0) is 57.7 Å². The first-order valence-electron chi connectivity index (χ1n) is 7.18. The number of likely N-dealkylation sites (tertiary alicyclic amines) is 1. The molecule has 18 heavy (non-hydrogen) atoms. The molecular weight excluding hydrogens is 248 g/mol. The van der Waals surface area contributed by atoms with Gasteiger partial charge in [0.2, 0.25) is 0 Å². The second kappa shape index (κ2) is 6.35. The first kappa shape index (κ1) is 14.3. The number of nitrogens with zero attached hydrogens (tertiary/aromatic N) is 1. The molecule has 106 valence electrons. The number of sulfone groups is 1. The fourth-order valence-corrected chi connectivity index (χ4v) is 3.94. The standard InChI is InChI=1S/C13H26N2O2S/c1-18(16,17)10-4-9-15-8-3-5-12(11-15)13-6-2-7-14-13/h12-14H,2-11H2,1H3. The first-order valence-corrected chi connectivity index (χ1v) is 9.24. The van der Waals surface area contributed by atoms with Crippen molar-refractivity contribution < 1.29 is 8.42 Å². The molecule has 1 N–H and O–H groups in total. The molecule has 2 aliphatic rings. The average Bonchev–Trinajstić information content (AvgIpc) is 2.81. The van der Waals surface area contributed by atoms with Gasteiger partial charge < -0.3 is 10.2 Å².